The molecule has 1 rings (SSSR count). The molecule has 0 aliphatic carbocycles. The molecule has 112 valence electrons. The minimum Gasteiger partial charge on any atom is -0.394 e. The molecule has 0 saturated carbocycles. The normalized spacial score (nSPS) is 15.2. The summed E-state index contributed by atoms with van der Waals surface area (Å²) in [5, 5.41) is 15.2. The van der Waals surface area contributed by atoms with Crippen molar-refractivity contribution >= 4 is 6.03 Å². The third-order valence-corrected chi connectivity index (χ3v) is 3.49. The lowest BCUT2D eigenvalue weighted by Gasteiger charge is -2.29. The standard InChI is InChI=1S/C16H26N2O2/c1-5-10-16(4,11-19)18-15(20)17-13(3)14-8-6-12(2)7-9-14/h6-9,13,19H,5,10-11H2,1-4H3,(H2,17,18,20). The van der Waals surface area contributed by atoms with Crippen molar-refractivity contribution < 1.29 is 9.90 Å². The van der Waals surface area contributed by atoms with Gasteiger partial charge in [0.1, 0.15) is 0 Å². The molecule has 0 aliphatic rings. The van der Waals surface area contributed by atoms with E-state index >= 15 is 0 Å². The van der Waals surface area contributed by atoms with Crippen LogP contribution >= 0.6 is 0 Å². The second-order valence-corrected chi connectivity index (χ2v) is 5.70. The number of aryl methyl sites for hydroxylation is 1. The number of carbonyl (C=O) groups excluding carboxylic acids is 1. The number of benzene rings is 1. The van der Waals surface area contributed by atoms with Crippen molar-refractivity contribution in [2.75, 3.05) is 6.61 Å². The number of aliphatic hydroxyl groups is 1. The number of rotatable bonds is 6. The van der Waals surface area contributed by atoms with Gasteiger partial charge in [-0.2, -0.15) is 0 Å². The maximum Gasteiger partial charge on any atom is 0.315 e. The molecular formula is C16H26N2O2. The largest absolute Gasteiger partial charge is 0.394 e. The molecule has 20 heavy (non-hydrogen) atoms. The minimum atomic E-state index is -0.564. The lowest BCUT2D eigenvalue weighted by Crippen LogP contribution is -2.52. The topological polar surface area (TPSA) is 61.4 Å². The van der Waals surface area contributed by atoms with Gasteiger partial charge in [-0.25, -0.2) is 4.79 Å². The second-order valence-electron chi connectivity index (χ2n) is 5.70. The Morgan fingerprint density at radius 1 is 1.35 bits per heavy atom. The fourth-order valence-electron chi connectivity index (χ4n) is 2.18. The van der Waals surface area contributed by atoms with Crippen LogP contribution in [0.25, 0.3) is 0 Å². The van der Waals surface area contributed by atoms with Crippen molar-refractivity contribution in [3.05, 3.63) is 35.4 Å². The lowest BCUT2D eigenvalue weighted by atomic mass is 9.97. The first-order valence-corrected chi connectivity index (χ1v) is 7.16. The van der Waals surface area contributed by atoms with E-state index in [-0.39, 0.29) is 18.7 Å². The Balaban J connectivity index is 2.59. The fourth-order valence-corrected chi connectivity index (χ4v) is 2.18. The van der Waals surface area contributed by atoms with Gasteiger partial charge in [-0.3, -0.25) is 0 Å². The SMILES string of the molecule is CCCC(C)(CO)NC(=O)NC(C)c1ccc(C)cc1. The Morgan fingerprint density at radius 3 is 2.45 bits per heavy atom. The number of amides is 2. The van der Waals surface area contributed by atoms with Gasteiger partial charge < -0.3 is 15.7 Å². The molecule has 4 nitrogen and oxygen atoms in total. The van der Waals surface area contributed by atoms with Crippen molar-refractivity contribution in [3.8, 4) is 0 Å². The first-order valence-electron chi connectivity index (χ1n) is 7.16. The summed E-state index contributed by atoms with van der Waals surface area (Å²) in [5.74, 6) is 0. The van der Waals surface area contributed by atoms with Crippen LogP contribution in [0.4, 0.5) is 4.79 Å². The minimum absolute atomic E-state index is 0.0623. The van der Waals surface area contributed by atoms with E-state index in [1.54, 1.807) is 0 Å². The molecule has 0 fully saturated rings. The summed E-state index contributed by atoms with van der Waals surface area (Å²) in [7, 11) is 0. The van der Waals surface area contributed by atoms with Crippen LogP contribution in [0.3, 0.4) is 0 Å². The third-order valence-electron chi connectivity index (χ3n) is 3.49. The smallest absolute Gasteiger partial charge is 0.315 e. The van der Waals surface area contributed by atoms with Crippen molar-refractivity contribution in [1.82, 2.24) is 10.6 Å². The van der Waals surface area contributed by atoms with E-state index in [0.29, 0.717) is 0 Å². The first-order chi connectivity index (χ1) is 9.40. The van der Waals surface area contributed by atoms with Crippen molar-refractivity contribution in [2.24, 2.45) is 0 Å². The molecule has 2 unspecified atom stereocenters. The van der Waals surface area contributed by atoms with Gasteiger partial charge in [0.25, 0.3) is 0 Å². The Morgan fingerprint density at radius 2 is 1.95 bits per heavy atom. The lowest BCUT2D eigenvalue weighted by molar-refractivity contribution is 0.162. The Bertz CT molecular complexity index is 431. The van der Waals surface area contributed by atoms with Gasteiger partial charge >= 0.3 is 6.03 Å². The summed E-state index contributed by atoms with van der Waals surface area (Å²) in [6.07, 6.45) is 1.65. The van der Waals surface area contributed by atoms with Crippen LogP contribution < -0.4 is 10.6 Å². The number of hydrogen-bond donors (Lipinski definition) is 3. The molecule has 1 aromatic carbocycles. The van der Waals surface area contributed by atoms with Gasteiger partial charge in [0, 0.05) is 0 Å². The molecule has 0 radical (unpaired) electrons. The molecule has 1 aromatic rings. The summed E-state index contributed by atoms with van der Waals surface area (Å²) < 4.78 is 0. The number of hydrogen-bond acceptors (Lipinski definition) is 2. The van der Waals surface area contributed by atoms with Gasteiger partial charge in [0.15, 0.2) is 0 Å². The third kappa shape index (κ3) is 4.85. The number of aliphatic hydroxyl groups excluding tert-OH is 1. The molecule has 0 aliphatic heterocycles. The van der Waals surface area contributed by atoms with Gasteiger partial charge in [-0.1, -0.05) is 43.2 Å². The molecule has 2 atom stereocenters. The highest BCUT2D eigenvalue weighted by molar-refractivity contribution is 5.75. The van der Waals surface area contributed by atoms with Crippen LogP contribution in [0, 0.1) is 6.92 Å². The van der Waals surface area contributed by atoms with Gasteiger partial charge in [-0.05, 0) is 32.8 Å². The van der Waals surface area contributed by atoms with E-state index < -0.39 is 5.54 Å². The summed E-state index contributed by atoms with van der Waals surface area (Å²) in [6.45, 7) is 7.80. The zero-order valence-electron chi connectivity index (χ0n) is 12.9. The van der Waals surface area contributed by atoms with Crippen molar-refractivity contribution in [2.45, 2.75) is 52.1 Å². The molecule has 0 heterocycles. The van der Waals surface area contributed by atoms with Gasteiger partial charge in [-0.15, -0.1) is 0 Å². The van der Waals surface area contributed by atoms with E-state index in [4.69, 9.17) is 0 Å². The summed E-state index contributed by atoms with van der Waals surface area (Å²) in [5.41, 5.74) is 1.69. The average Bonchev–Trinajstić information content (AvgIpc) is 2.39. The van der Waals surface area contributed by atoms with E-state index in [1.807, 2.05) is 52.0 Å². The van der Waals surface area contributed by atoms with E-state index in [0.717, 1.165) is 18.4 Å². The fraction of sp³-hybridized carbons (Fsp3) is 0.562. The highest BCUT2D eigenvalue weighted by Gasteiger charge is 2.25. The number of carbonyl (C=O) groups is 1. The Labute approximate surface area is 121 Å². The second kappa shape index (κ2) is 7.29. The molecule has 4 heteroatoms. The van der Waals surface area contributed by atoms with Crippen molar-refractivity contribution in [3.63, 3.8) is 0 Å². The molecule has 3 N–H and O–H groups in total. The molecule has 0 spiro atoms. The molecule has 0 aromatic heterocycles. The molecule has 2 amide bonds. The van der Waals surface area contributed by atoms with Crippen LogP contribution in [0.2, 0.25) is 0 Å². The monoisotopic (exact) mass is 278 g/mol. The average molecular weight is 278 g/mol. The predicted octanol–water partition coefficient (Wildman–Crippen LogP) is 2.91. The number of nitrogens with one attached hydrogen (secondary N) is 2. The maximum atomic E-state index is 12.0. The maximum absolute atomic E-state index is 12.0. The first kappa shape index (κ1) is 16.5. The van der Waals surface area contributed by atoms with Crippen molar-refractivity contribution in [1.29, 1.82) is 0 Å². The predicted molar refractivity (Wildman–Crippen MR) is 81.7 cm³/mol. The summed E-state index contributed by atoms with van der Waals surface area (Å²) in [4.78, 5) is 12.0. The summed E-state index contributed by atoms with van der Waals surface area (Å²) >= 11 is 0. The zero-order chi connectivity index (χ0) is 15.2. The van der Waals surface area contributed by atoms with E-state index in [9.17, 15) is 9.90 Å². The highest BCUT2D eigenvalue weighted by atomic mass is 16.3. The zero-order valence-corrected chi connectivity index (χ0v) is 12.9. The van der Waals surface area contributed by atoms with Crippen LogP contribution in [-0.4, -0.2) is 23.3 Å². The van der Waals surface area contributed by atoms with Crippen LogP contribution in [-0.2, 0) is 0 Å². The molecular weight excluding hydrogens is 252 g/mol. The Hall–Kier alpha value is -1.55. The van der Waals surface area contributed by atoms with Crippen LogP contribution in [0.1, 0.15) is 50.8 Å². The van der Waals surface area contributed by atoms with Gasteiger partial charge in [0.2, 0.25) is 0 Å². The highest BCUT2D eigenvalue weighted by Crippen LogP contribution is 2.14. The van der Waals surface area contributed by atoms with E-state index in [1.165, 1.54) is 5.56 Å². The summed E-state index contributed by atoms with van der Waals surface area (Å²) in [6, 6.07) is 7.76. The van der Waals surface area contributed by atoms with Crippen LogP contribution in [0.5, 0.6) is 0 Å². The van der Waals surface area contributed by atoms with Gasteiger partial charge in [0.05, 0.1) is 18.2 Å². The Kier molecular flexibility index (Phi) is 6.02. The van der Waals surface area contributed by atoms with E-state index in [2.05, 4.69) is 10.6 Å². The molecule has 0 bridgehead atoms. The molecule has 0 saturated heterocycles. The quantitative estimate of drug-likeness (QED) is 0.749. The number of urea groups is 1. The van der Waals surface area contributed by atoms with Crippen LogP contribution in [0.15, 0.2) is 24.3 Å².